The molecule has 0 saturated carbocycles. The molecule has 28 heavy (non-hydrogen) atoms. The number of carbonyl (C=O) groups excluding carboxylic acids is 1. The molecule has 0 unspecified atom stereocenters. The number of rotatable bonds is 7. The van der Waals surface area contributed by atoms with E-state index in [0.29, 0.717) is 12.4 Å². The molecule has 0 atom stereocenters. The van der Waals surface area contributed by atoms with Gasteiger partial charge in [-0.15, -0.1) is 10.2 Å². The van der Waals surface area contributed by atoms with E-state index in [-0.39, 0.29) is 33.9 Å². The first kappa shape index (κ1) is 20.0. The van der Waals surface area contributed by atoms with Crippen LogP contribution in [0.2, 0.25) is 0 Å². The molecule has 1 aromatic carbocycles. The Morgan fingerprint density at radius 3 is 2.61 bits per heavy atom. The monoisotopic (exact) mass is 404 g/mol. The number of nitrogens with zero attached hydrogens (tertiary/aromatic N) is 6. The Bertz CT molecular complexity index is 1040. The second-order valence-electron chi connectivity index (χ2n) is 6.44. The van der Waals surface area contributed by atoms with Crippen LogP contribution in [0, 0.1) is 0 Å². The third-order valence-corrected chi connectivity index (χ3v) is 6.21. The van der Waals surface area contributed by atoms with Crippen molar-refractivity contribution in [2.75, 3.05) is 13.7 Å². The first-order valence-corrected chi connectivity index (χ1v) is 10.2. The Hall–Kier alpha value is -2.79. The molecule has 1 amide bonds. The highest BCUT2D eigenvalue weighted by Crippen LogP contribution is 2.27. The van der Waals surface area contributed by atoms with E-state index >= 15 is 0 Å². The van der Waals surface area contributed by atoms with Gasteiger partial charge in [-0.05, 0) is 43.7 Å². The predicted octanol–water partition coefficient (Wildman–Crippen LogP) is 2.01. The largest absolute Gasteiger partial charge is 0.493 e. The number of hydrogen-bond acceptors (Lipinski definition) is 8. The third-order valence-electron chi connectivity index (χ3n) is 4.18. The molecular formula is C17H20N6O4S. The molecule has 3 rings (SSSR count). The zero-order valence-electron chi connectivity index (χ0n) is 15.9. The van der Waals surface area contributed by atoms with Gasteiger partial charge in [0.05, 0.1) is 17.1 Å². The van der Waals surface area contributed by atoms with Gasteiger partial charge in [-0.25, -0.2) is 13.4 Å². The van der Waals surface area contributed by atoms with Crippen LogP contribution in [0.3, 0.4) is 0 Å². The fraction of sp³-hybridized carbons (Fsp3) is 0.412. The zero-order chi connectivity index (χ0) is 20.5. The van der Waals surface area contributed by atoms with Crippen LogP contribution in [0.5, 0.6) is 5.75 Å². The summed E-state index contributed by atoms with van der Waals surface area (Å²) in [5, 5.41) is 10.7. The Morgan fingerprint density at radius 2 is 1.93 bits per heavy atom. The average Bonchev–Trinajstić information content (AvgIpc) is 3.14. The standard InChI is InChI=1S/C17H20N6O4S/c1-5-8-27-13-7-6-11(28(25,26)23(4)10(2)3)9-12(13)15-18-16-14(17(24)19-15)20-22-21-16/h6-7,9-10H,5,8H2,1-4H3. The lowest BCUT2D eigenvalue weighted by molar-refractivity contribution is -0.111. The van der Waals surface area contributed by atoms with Gasteiger partial charge < -0.3 is 4.74 Å². The van der Waals surface area contributed by atoms with Gasteiger partial charge >= 0.3 is 5.91 Å². The number of hydrogen-bond donors (Lipinski definition) is 0. The zero-order valence-corrected chi connectivity index (χ0v) is 16.8. The minimum atomic E-state index is -3.74. The summed E-state index contributed by atoms with van der Waals surface area (Å²) in [5.41, 5.74) is 0.247. The Kier molecular flexibility index (Phi) is 5.47. The number of fused-ring (bicyclic) bond motifs is 1. The molecule has 2 aliphatic rings. The molecule has 0 N–H and O–H groups in total. The first-order chi connectivity index (χ1) is 13.3. The second-order valence-corrected chi connectivity index (χ2v) is 8.43. The molecule has 11 heteroatoms. The summed E-state index contributed by atoms with van der Waals surface area (Å²) in [6.45, 7) is 5.91. The van der Waals surface area contributed by atoms with Crippen molar-refractivity contribution >= 4 is 33.3 Å². The van der Waals surface area contributed by atoms with Gasteiger partial charge in [0.25, 0.3) is 0 Å². The van der Waals surface area contributed by atoms with Crippen LogP contribution >= 0.6 is 0 Å². The SMILES string of the molecule is CCCOc1ccc(S(=O)(=O)N(C)C(C)C)cc1C1=NC(=O)C2=NN=NC2=N1. The van der Waals surface area contributed by atoms with E-state index in [1.54, 1.807) is 19.9 Å². The molecule has 0 fully saturated rings. The van der Waals surface area contributed by atoms with Crippen LogP contribution < -0.4 is 4.74 Å². The van der Waals surface area contributed by atoms with Gasteiger partial charge in [0.2, 0.25) is 21.6 Å². The van der Waals surface area contributed by atoms with Crippen molar-refractivity contribution in [3.63, 3.8) is 0 Å². The molecule has 0 saturated heterocycles. The average molecular weight is 404 g/mol. The smallest absolute Gasteiger partial charge is 0.303 e. The molecular weight excluding hydrogens is 384 g/mol. The number of aliphatic imine (C=N–C) groups is 2. The molecule has 2 aliphatic heterocycles. The van der Waals surface area contributed by atoms with Crippen LogP contribution in [0.15, 0.2) is 48.5 Å². The minimum absolute atomic E-state index is 0.00940. The molecule has 0 spiro atoms. The van der Waals surface area contributed by atoms with E-state index in [0.717, 1.165) is 6.42 Å². The Labute approximate surface area is 162 Å². The van der Waals surface area contributed by atoms with Crippen molar-refractivity contribution in [2.24, 2.45) is 25.4 Å². The van der Waals surface area contributed by atoms with E-state index in [2.05, 4.69) is 25.4 Å². The predicted molar refractivity (Wildman–Crippen MR) is 104 cm³/mol. The van der Waals surface area contributed by atoms with E-state index in [1.807, 2.05) is 6.92 Å². The van der Waals surface area contributed by atoms with Gasteiger partial charge in [-0.2, -0.15) is 9.30 Å². The molecule has 1 aromatic rings. The fourth-order valence-electron chi connectivity index (χ4n) is 2.44. The molecule has 0 bridgehead atoms. The Balaban J connectivity index is 2.12. The van der Waals surface area contributed by atoms with Crippen LogP contribution in [0.4, 0.5) is 0 Å². The summed E-state index contributed by atoms with van der Waals surface area (Å²) < 4.78 is 32.7. The maximum atomic E-state index is 12.9. The van der Waals surface area contributed by atoms with Crippen molar-refractivity contribution < 1.29 is 17.9 Å². The van der Waals surface area contributed by atoms with Gasteiger partial charge in [-0.3, -0.25) is 4.79 Å². The first-order valence-electron chi connectivity index (χ1n) is 8.71. The molecule has 2 heterocycles. The molecule has 0 aromatic heterocycles. The minimum Gasteiger partial charge on any atom is -0.493 e. The van der Waals surface area contributed by atoms with Gasteiger partial charge in [0.15, 0.2) is 5.84 Å². The van der Waals surface area contributed by atoms with E-state index in [1.165, 1.54) is 23.5 Å². The quantitative estimate of drug-likeness (QED) is 0.689. The molecule has 10 nitrogen and oxygen atoms in total. The second kappa shape index (κ2) is 7.68. The van der Waals surface area contributed by atoms with Crippen LogP contribution in [-0.4, -0.2) is 55.7 Å². The maximum absolute atomic E-state index is 12.9. The summed E-state index contributed by atoms with van der Waals surface area (Å²) in [6.07, 6.45) is 0.751. The number of ether oxygens (including phenoxy) is 1. The van der Waals surface area contributed by atoms with Gasteiger partial charge in [-0.1, -0.05) is 6.92 Å². The molecule has 0 aliphatic carbocycles. The van der Waals surface area contributed by atoms with Crippen LogP contribution in [-0.2, 0) is 14.8 Å². The lowest BCUT2D eigenvalue weighted by atomic mass is 10.1. The maximum Gasteiger partial charge on any atom is 0.303 e. The lowest BCUT2D eigenvalue weighted by Crippen LogP contribution is -2.33. The topological polar surface area (TPSA) is 125 Å². The van der Waals surface area contributed by atoms with Gasteiger partial charge in [0.1, 0.15) is 5.75 Å². The number of amidine groups is 2. The fourth-order valence-corrected chi connectivity index (χ4v) is 3.83. The van der Waals surface area contributed by atoms with E-state index in [9.17, 15) is 13.2 Å². The molecule has 0 radical (unpaired) electrons. The Morgan fingerprint density at radius 1 is 1.18 bits per heavy atom. The normalized spacial score (nSPS) is 16.2. The summed E-state index contributed by atoms with van der Waals surface area (Å²) in [7, 11) is -2.24. The van der Waals surface area contributed by atoms with Crippen LogP contribution in [0.25, 0.3) is 0 Å². The lowest BCUT2D eigenvalue weighted by Gasteiger charge is -2.22. The van der Waals surface area contributed by atoms with E-state index < -0.39 is 15.9 Å². The van der Waals surface area contributed by atoms with Crippen molar-refractivity contribution in [1.82, 2.24) is 4.31 Å². The van der Waals surface area contributed by atoms with Crippen molar-refractivity contribution in [2.45, 2.75) is 38.1 Å². The van der Waals surface area contributed by atoms with Crippen molar-refractivity contribution in [1.29, 1.82) is 0 Å². The number of benzene rings is 1. The highest BCUT2D eigenvalue weighted by Gasteiger charge is 2.30. The highest BCUT2D eigenvalue weighted by atomic mass is 32.2. The number of amides is 1. The van der Waals surface area contributed by atoms with Gasteiger partial charge in [0, 0.05) is 13.1 Å². The summed E-state index contributed by atoms with van der Waals surface area (Å²) in [4.78, 5) is 20.3. The summed E-state index contributed by atoms with van der Waals surface area (Å²) in [6, 6.07) is 4.18. The summed E-state index contributed by atoms with van der Waals surface area (Å²) in [5.74, 6) is -0.211. The highest BCUT2D eigenvalue weighted by molar-refractivity contribution is 7.89. The van der Waals surface area contributed by atoms with Crippen molar-refractivity contribution in [3.8, 4) is 5.75 Å². The summed E-state index contributed by atoms with van der Waals surface area (Å²) >= 11 is 0. The molecule has 148 valence electrons. The number of carbonyl (C=O) groups is 1. The third kappa shape index (κ3) is 3.62. The van der Waals surface area contributed by atoms with Crippen LogP contribution in [0.1, 0.15) is 32.8 Å². The number of sulfonamides is 1. The van der Waals surface area contributed by atoms with E-state index in [4.69, 9.17) is 4.74 Å². The van der Waals surface area contributed by atoms with Crippen molar-refractivity contribution in [3.05, 3.63) is 23.8 Å².